The normalized spacial score (nSPS) is 10.7. The minimum Gasteiger partial charge on any atom is -0.274 e. The second-order valence-electron chi connectivity index (χ2n) is 3.28. The topological polar surface area (TPSA) is 29.5 Å². The van der Waals surface area contributed by atoms with Crippen LogP contribution in [0.4, 0.5) is 0 Å². The highest BCUT2D eigenvalue weighted by Gasteiger charge is 2.14. The molecule has 2 rings (SSSR count). The molecule has 0 aliphatic carbocycles. The zero-order chi connectivity index (χ0) is 11.7. The van der Waals surface area contributed by atoms with E-state index in [0.29, 0.717) is 4.88 Å². The molecule has 5 heteroatoms. The van der Waals surface area contributed by atoms with Gasteiger partial charge in [0, 0.05) is 16.2 Å². The van der Waals surface area contributed by atoms with E-state index in [2.05, 4.69) is 15.9 Å². The number of carbonyl (C=O) groups excluding carboxylic acids is 1. The van der Waals surface area contributed by atoms with Crippen LogP contribution in [-0.2, 0) is 4.84 Å². The molecule has 0 N–H and O–H groups in total. The fourth-order valence-corrected chi connectivity index (χ4v) is 2.93. The van der Waals surface area contributed by atoms with Crippen LogP contribution in [0.15, 0.2) is 28.7 Å². The summed E-state index contributed by atoms with van der Waals surface area (Å²) < 4.78 is 2.10. The van der Waals surface area contributed by atoms with Crippen molar-refractivity contribution in [1.29, 1.82) is 0 Å². The van der Waals surface area contributed by atoms with E-state index < -0.39 is 0 Å². The Morgan fingerprint density at radius 1 is 1.44 bits per heavy atom. The lowest BCUT2D eigenvalue weighted by atomic mass is 10.2. The van der Waals surface area contributed by atoms with Gasteiger partial charge in [-0.1, -0.05) is 22.0 Å². The third-order valence-corrected chi connectivity index (χ3v) is 3.83. The van der Waals surface area contributed by atoms with Gasteiger partial charge in [-0.05, 0) is 23.6 Å². The Morgan fingerprint density at radius 2 is 2.19 bits per heavy atom. The highest BCUT2D eigenvalue weighted by molar-refractivity contribution is 9.10. The van der Waals surface area contributed by atoms with Gasteiger partial charge >= 0.3 is 0 Å². The van der Waals surface area contributed by atoms with Crippen molar-refractivity contribution in [3.05, 3.63) is 33.6 Å². The molecule has 1 aromatic carbocycles. The Morgan fingerprint density at radius 3 is 2.88 bits per heavy atom. The molecule has 2 aromatic rings. The monoisotopic (exact) mass is 299 g/mol. The molecule has 0 aliphatic heterocycles. The maximum Gasteiger partial charge on any atom is 0.287 e. The standard InChI is InChI=1S/C11H10BrNO2S/c1-13(15-2)11(14)10-5-7-3-4-8(12)6-9(7)16-10/h3-6H,1-2H3. The molecule has 0 bridgehead atoms. The first kappa shape index (κ1) is 11.6. The van der Waals surface area contributed by atoms with Crippen LogP contribution >= 0.6 is 27.3 Å². The Bertz CT molecular complexity index is 538. The maximum absolute atomic E-state index is 11.8. The molecule has 1 amide bonds. The number of nitrogens with zero attached hydrogens (tertiary/aromatic N) is 1. The van der Waals surface area contributed by atoms with E-state index in [-0.39, 0.29) is 5.91 Å². The summed E-state index contributed by atoms with van der Waals surface area (Å²) in [7, 11) is 3.07. The molecular weight excluding hydrogens is 290 g/mol. The quantitative estimate of drug-likeness (QED) is 0.796. The number of carbonyl (C=O) groups is 1. The highest BCUT2D eigenvalue weighted by Crippen LogP contribution is 2.28. The third kappa shape index (κ3) is 2.11. The molecule has 0 aliphatic rings. The van der Waals surface area contributed by atoms with E-state index in [9.17, 15) is 4.79 Å². The fraction of sp³-hybridized carbons (Fsp3) is 0.182. The Balaban J connectivity index is 2.43. The van der Waals surface area contributed by atoms with E-state index in [4.69, 9.17) is 4.84 Å². The van der Waals surface area contributed by atoms with E-state index in [1.54, 1.807) is 7.05 Å². The van der Waals surface area contributed by atoms with Gasteiger partial charge in [-0.2, -0.15) is 0 Å². The van der Waals surface area contributed by atoms with Gasteiger partial charge in [0.05, 0.1) is 12.0 Å². The van der Waals surface area contributed by atoms with Crippen molar-refractivity contribution in [2.24, 2.45) is 0 Å². The van der Waals surface area contributed by atoms with E-state index >= 15 is 0 Å². The second-order valence-corrected chi connectivity index (χ2v) is 5.28. The summed E-state index contributed by atoms with van der Waals surface area (Å²) in [6, 6.07) is 7.83. The van der Waals surface area contributed by atoms with Crippen molar-refractivity contribution in [2.75, 3.05) is 14.2 Å². The number of hydroxylamine groups is 2. The van der Waals surface area contributed by atoms with Gasteiger partial charge in [-0.15, -0.1) is 11.3 Å². The highest BCUT2D eigenvalue weighted by atomic mass is 79.9. The maximum atomic E-state index is 11.8. The molecule has 1 heterocycles. The second kappa shape index (κ2) is 4.53. The lowest BCUT2D eigenvalue weighted by molar-refractivity contribution is -0.0753. The van der Waals surface area contributed by atoms with Gasteiger partial charge in [0.15, 0.2) is 0 Å². The Hall–Kier alpha value is -0.910. The summed E-state index contributed by atoms with van der Waals surface area (Å²) in [5, 5.41) is 2.29. The lowest BCUT2D eigenvalue weighted by Crippen LogP contribution is -2.24. The van der Waals surface area contributed by atoms with Crippen LogP contribution in [0, 0.1) is 0 Å². The van der Waals surface area contributed by atoms with Crippen molar-refractivity contribution in [1.82, 2.24) is 5.06 Å². The number of hydrogen-bond donors (Lipinski definition) is 0. The number of benzene rings is 1. The minimum atomic E-state index is -0.125. The SMILES string of the molecule is CON(C)C(=O)c1cc2ccc(Br)cc2s1. The van der Waals surface area contributed by atoms with Gasteiger partial charge in [0.25, 0.3) is 5.91 Å². The molecule has 0 spiro atoms. The van der Waals surface area contributed by atoms with Crippen LogP contribution in [0.3, 0.4) is 0 Å². The molecule has 1 aromatic heterocycles. The van der Waals surface area contributed by atoms with Crippen LogP contribution < -0.4 is 0 Å². The summed E-state index contributed by atoms with van der Waals surface area (Å²) in [6.45, 7) is 0. The predicted octanol–water partition coefficient (Wildman–Crippen LogP) is 3.30. The predicted molar refractivity (Wildman–Crippen MR) is 68.6 cm³/mol. The summed E-state index contributed by atoms with van der Waals surface area (Å²) in [4.78, 5) is 17.4. The first-order chi connectivity index (χ1) is 7.61. The fourth-order valence-electron chi connectivity index (χ4n) is 1.35. The number of halogens is 1. The van der Waals surface area contributed by atoms with Gasteiger partial charge in [0.1, 0.15) is 0 Å². The average Bonchev–Trinajstić information content (AvgIpc) is 2.69. The van der Waals surface area contributed by atoms with Crippen molar-refractivity contribution >= 4 is 43.3 Å². The zero-order valence-corrected chi connectivity index (χ0v) is 11.3. The minimum absolute atomic E-state index is 0.125. The summed E-state index contributed by atoms with van der Waals surface area (Å²) >= 11 is 4.87. The molecule has 0 fully saturated rings. The van der Waals surface area contributed by atoms with Gasteiger partial charge in [-0.25, -0.2) is 5.06 Å². The number of rotatable bonds is 2. The average molecular weight is 300 g/mol. The van der Waals surface area contributed by atoms with Gasteiger partial charge in [0.2, 0.25) is 0 Å². The van der Waals surface area contributed by atoms with E-state index in [1.807, 2.05) is 24.3 Å². The molecule has 0 saturated heterocycles. The van der Waals surface area contributed by atoms with Gasteiger partial charge < -0.3 is 0 Å². The molecular formula is C11H10BrNO2S. The molecule has 3 nitrogen and oxygen atoms in total. The van der Waals surface area contributed by atoms with E-state index in [1.165, 1.54) is 23.5 Å². The molecule has 16 heavy (non-hydrogen) atoms. The van der Waals surface area contributed by atoms with Crippen molar-refractivity contribution < 1.29 is 9.63 Å². The van der Waals surface area contributed by atoms with E-state index in [0.717, 1.165) is 14.6 Å². The number of thiophene rings is 1. The largest absolute Gasteiger partial charge is 0.287 e. The molecule has 0 unspecified atom stereocenters. The molecule has 0 radical (unpaired) electrons. The number of hydrogen-bond acceptors (Lipinski definition) is 3. The van der Waals surface area contributed by atoms with Crippen LogP contribution in [0.25, 0.3) is 10.1 Å². The van der Waals surface area contributed by atoms with Crippen LogP contribution in [0.1, 0.15) is 9.67 Å². The van der Waals surface area contributed by atoms with Crippen molar-refractivity contribution in [2.45, 2.75) is 0 Å². The summed E-state index contributed by atoms with van der Waals surface area (Å²) in [5.74, 6) is -0.125. The Kier molecular flexibility index (Phi) is 3.28. The van der Waals surface area contributed by atoms with Gasteiger partial charge in [-0.3, -0.25) is 9.63 Å². The summed E-state index contributed by atoms with van der Waals surface area (Å²) in [5.41, 5.74) is 0. The molecule has 84 valence electrons. The smallest absolute Gasteiger partial charge is 0.274 e. The first-order valence-electron chi connectivity index (χ1n) is 4.63. The molecule has 0 atom stereocenters. The summed E-state index contributed by atoms with van der Waals surface area (Å²) in [6.07, 6.45) is 0. The van der Waals surface area contributed by atoms with Crippen LogP contribution in [0.2, 0.25) is 0 Å². The van der Waals surface area contributed by atoms with Crippen molar-refractivity contribution in [3.8, 4) is 0 Å². The lowest BCUT2D eigenvalue weighted by Gasteiger charge is -2.11. The van der Waals surface area contributed by atoms with Crippen LogP contribution in [0.5, 0.6) is 0 Å². The van der Waals surface area contributed by atoms with Crippen molar-refractivity contribution in [3.63, 3.8) is 0 Å². The molecule has 0 saturated carbocycles. The number of amides is 1. The first-order valence-corrected chi connectivity index (χ1v) is 6.24. The Labute approximate surface area is 106 Å². The number of fused-ring (bicyclic) bond motifs is 1. The van der Waals surface area contributed by atoms with Crippen LogP contribution in [-0.4, -0.2) is 25.1 Å². The zero-order valence-electron chi connectivity index (χ0n) is 8.86. The third-order valence-electron chi connectivity index (χ3n) is 2.25.